The molecular weight excluding hydrogens is 312 g/mol. The number of rotatable bonds is 6. The van der Waals surface area contributed by atoms with Crippen molar-refractivity contribution in [2.24, 2.45) is 0 Å². The molecule has 2 nitrogen and oxygen atoms in total. The van der Waals surface area contributed by atoms with Crippen LogP contribution in [0.4, 0.5) is 4.39 Å². The number of hydrogen-bond donors (Lipinski definition) is 1. The molecule has 0 saturated heterocycles. The Morgan fingerprint density at radius 2 is 1.86 bits per heavy atom. The van der Waals surface area contributed by atoms with E-state index in [0.29, 0.717) is 18.2 Å². The van der Waals surface area contributed by atoms with Crippen molar-refractivity contribution in [3.05, 3.63) is 64.4 Å². The predicted octanol–water partition coefficient (Wildman–Crippen LogP) is 4.59. The van der Waals surface area contributed by atoms with Gasteiger partial charge < -0.3 is 10.1 Å². The first kappa shape index (κ1) is 17.8. The fourth-order valence-electron chi connectivity index (χ4n) is 1.83. The third-order valence-electron chi connectivity index (χ3n) is 2.90. The number of ether oxygens (including phenoxy) is 1. The first-order valence-electron chi connectivity index (χ1n) is 6.55. The van der Waals surface area contributed by atoms with Crippen LogP contribution in [0.15, 0.2) is 42.5 Å². The third kappa shape index (κ3) is 5.54. The summed E-state index contributed by atoms with van der Waals surface area (Å²) >= 11 is 6.01. The van der Waals surface area contributed by atoms with E-state index in [9.17, 15) is 4.39 Å². The fraction of sp³-hybridized carbons (Fsp3) is 0.250. The molecule has 0 fully saturated rings. The van der Waals surface area contributed by atoms with Crippen molar-refractivity contribution in [1.82, 2.24) is 5.32 Å². The van der Waals surface area contributed by atoms with Crippen LogP contribution in [-0.2, 0) is 13.2 Å². The highest BCUT2D eigenvalue weighted by atomic mass is 35.5. The van der Waals surface area contributed by atoms with Gasteiger partial charge in [-0.3, -0.25) is 0 Å². The Morgan fingerprint density at radius 3 is 2.52 bits per heavy atom. The highest BCUT2D eigenvalue weighted by Gasteiger charge is 2.05. The first-order valence-corrected chi connectivity index (χ1v) is 6.93. The quantitative estimate of drug-likeness (QED) is 0.836. The van der Waals surface area contributed by atoms with Crippen molar-refractivity contribution in [1.29, 1.82) is 0 Å². The molecule has 114 valence electrons. The second kappa shape index (κ2) is 8.88. The monoisotopic (exact) mass is 329 g/mol. The maximum absolute atomic E-state index is 12.8. The molecule has 0 spiro atoms. The van der Waals surface area contributed by atoms with Crippen LogP contribution in [-0.4, -0.2) is 6.54 Å². The summed E-state index contributed by atoms with van der Waals surface area (Å²) in [5, 5.41) is 3.94. The fourth-order valence-corrected chi connectivity index (χ4v) is 2.02. The van der Waals surface area contributed by atoms with Crippen molar-refractivity contribution < 1.29 is 9.13 Å². The summed E-state index contributed by atoms with van der Waals surface area (Å²) in [6, 6.07) is 11.9. The van der Waals surface area contributed by atoms with Gasteiger partial charge in [0.2, 0.25) is 0 Å². The normalized spacial score (nSPS) is 10.0. The van der Waals surface area contributed by atoms with Crippen LogP contribution in [0.25, 0.3) is 0 Å². The molecule has 1 N–H and O–H groups in total. The van der Waals surface area contributed by atoms with Gasteiger partial charge in [-0.25, -0.2) is 4.39 Å². The summed E-state index contributed by atoms with van der Waals surface area (Å²) in [5.74, 6) is 0.549. The van der Waals surface area contributed by atoms with Crippen LogP contribution in [0.5, 0.6) is 5.75 Å². The molecule has 5 heteroatoms. The molecule has 21 heavy (non-hydrogen) atoms. The molecular formula is C16H18Cl2FNO. The van der Waals surface area contributed by atoms with E-state index >= 15 is 0 Å². The van der Waals surface area contributed by atoms with E-state index in [-0.39, 0.29) is 18.2 Å². The van der Waals surface area contributed by atoms with E-state index in [1.54, 1.807) is 18.2 Å². The third-order valence-corrected chi connectivity index (χ3v) is 3.13. The number of hydrogen-bond acceptors (Lipinski definition) is 2. The van der Waals surface area contributed by atoms with Gasteiger partial charge in [0.25, 0.3) is 0 Å². The molecule has 0 saturated carbocycles. The molecule has 0 radical (unpaired) electrons. The Bertz CT molecular complexity index is 561. The maximum atomic E-state index is 12.8. The highest BCUT2D eigenvalue weighted by Crippen LogP contribution is 2.23. The zero-order chi connectivity index (χ0) is 14.4. The smallest absolute Gasteiger partial charge is 0.124 e. The van der Waals surface area contributed by atoms with Crippen LogP contribution < -0.4 is 10.1 Å². The number of halogens is 3. The Labute approximate surface area is 135 Å². The van der Waals surface area contributed by atoms with Gasteiger partial charge in [0, 0.05) is 17.1 Å². The summed E-state index contributed by atoms with van der Waals surface area (Å²) in [7, 11) is 0. The lowest BCUT2D eigenvalue weighted by molar-refractivity contribution is 0.302. The van der Waals surface area contributed by atoms with Gasteiger partial charge in [-0.1, -0.05) is 30.7 Å². The lowest BCUT2D eigenvalue weighted by Crippen LogP contribution is -2.13. The van der Waals surface area contributed by atoms with Gasteiger partial charge in [0.1, 0.15) is 18.2 Å². The van der Waals surface area contributed by atoms with Crippen LogP contribution >= 0.6 is 24.0 Å². The summed E-state index contributed by atoms with van der Waals surface area (Å²) in [4.78, 5) is 0. The average molecular weight is 330 g/mol. The molecule has 0 aromatic heterocycles. The lowest BCUT2D eigenvalue weighted by atomic mass is 10.2. The maximum Gasteiger partial charge on any atom is 0.124 e. The Balaban J connectivity index is 0.00000220. The van der Waals surface area contributed by atoms with E-state index in [0.717, 1.165) is 23.4 Å². The van der Waals surface area contributed by atoms with Crippen LogP contribution in [0, 0.1) is 5.82 Å². The van der Waals surface area contributed by atoms with Crippen molar-refractivity contribution in [3.63, 3.8) is 0 Å². The molecule has 2 aromatic carbocycles. The number of nitrogens with one attached hydrogen (secondary N) is 1. The van der Waals surface area contributed by atoms with Gasteiger partial charge in [0.05, 0.1) is 0 Å². The standard InChI is InChI=1S/C16H17ClFNO.ClH/c1-2-19-10-13-9-14(17)5-8-16(13)20-11-12-3-6-15(18)7-4-12;/h3-9,19H,2,10-11H2,1H3;1H. The SMILES string of the molecule is CCNCc1cc(Cl)ccc1OCc1ccc(F)cc1.Cl. The summed E-state index contributed by atoms with van der Waals surface area (Å²) in [6.45, 7) is 4.03. The summed E-state index contributed by atoms with van der Waals surface area (Å²) in [5.41, 5.74) is 1.94. The van der Waals surface area contributed by atoms with Gasteiger partial charge >= 0.3 is 0 Å². The molecule has 0 atom stereocenters. The Hall–Kier alpha value is -1.29. The molecule has 0 heterocycles. The Morgan fingerprint density at radius 1 is 1.14 bits per heavy atom. The molecule has 2 rings (SSSR count). The predicted molar refractivity (Wildman–Crippen MR) is 86.8 cm³/mol. The van der Waals surface area contributed by atoms with Crippen molar-refractivity contribution in [2.75, 3.05) is 6.54 Å². The van der Waals surface area contributed by atoms with Gasteiger partial charge in [0.15, 0.2) is 0 Å². The number of benzene rings is 2. The second-order valence-electron chi connectivity index (χ2n) is 4.45. The van der Waals surface area contributed by atoms with Gasteiger partial charge in [-0.05, 0) is 42.4 Å². The molecule has 2 aromatic rings. The van der Waals surface area contributed by atoms with E-state index in [1.807, 2.05) is 19.1 Å². The molecule has 0 aliphatic heterocycles. The molecule has 0 amide bonds. The summed E-state index contributed by atoms with van der Waals surface area (Å²) in [6.07, 6.45) is 0. The minimum atomic E-state index is -0.243. The lowest BCUT2D eigenvalue weighted by Gasteiger charge is -2.12. The van der Waals surface area contributed by atoms with Crippen molar-refractivity contribution in [3.8, 4) is 5.75 Å². The van der Waals surface area contributed by atoms with Crippen LogP contribution in [0.3, 0.4) is 0 Å². The molecule has 0 bridgehead atoms. The molecule has 0 unspecified atom stereocenters. The molecule has 0 aliphatic carbocycles. The van der Waals surface area contributed by atoms with Crippen LogP contribution in [0.2, 0.25) is 5.02 Å². The Kier molecular flexibility index (Phi) is 7.51. The zero-order valence-electron chi connectivity index (χ0n) is 11.7. The van der Waals surface area contributed by atoms with E-state index in [2.05, 4.69) is 5.32 Å². The zero-order valence-corrected chi connectivity index (χ0v) is 13.3. The van der Waals surface area contributed by atoms with E-state index in [4.69, 9.17) is 16.3 Å². The van der Waals surface area contributed by atoms with Gasteiger partial charge in [-0.2, -0.15) is 0 Å². The van der Waals surface area contributed by atoms with Gasteiger partial charge in [-0.15, -0.1) is 12.4 Å². The van der Waals surface area contributed by atoms with Crippen LogP contribution in [0.1, 0.15) is 18.1 Å². The second-order valence-corrected chi connectivity index (χ2v) is 4.88. The van der Waals surface area contributed by atoms with E-state index in [1.165, 1.54) is 12.1 Å². The first-order chi connectivity index (χ1) is 9.69. The minimum Gasteiger partial charge on any atom is -0.489 e. The topological polar surface area (TPSA) is 21.3 Å². The molecule has 0 aliphatic rings. The minimum absolute atomic E-state index is 0. The summed E-state index contributed by atoms with van der Waals surface area (Å²) < 4.78 is 18.6. The van der Waals surface area contributed by atoms with E-state index < -0.39 is 0 Å². The largest absolute Gasteiger partial charge is 0.489 e. The highest BCUT2D eigenvalue weighted by molar-refractivity contribution is 6.30. The average Bonchev–Trinajstić information content (AvgIpc) is 2.46. The van der Waals surface area contributed by atoms with Crippen molar-refractivity contribution >= 4 is 24.0 Å². The van der Waals surface area contributed by atoms with Crippen molar-refractivity contribution in [2.45, 2.75) is 20.1 Å².